The average Bonchev–Trinajstić information content (AvgIpc) is 2.02. The number of isothiocyanates is 1. The molecule has 0 aromatic heterocycles. The fourth-order valence-electron chi connectivity index (χ4n) is 0.502. The molecular weight excluding hydrogens is 178 g/mol. The lowest BCUT2D eigenvalue weighted by Gasteiger charge is -2.01. The molecule has 0 rings (SSSR count). The van der Waals surface area contributed by atoms with Crippen LogP contribution in [0.5, 0.6) is 0 Å². The van der Waals surface area contributed by atoms with Crippen LogP contribution in [-0.2, 0) is 14.3 Å². The fraction of sp³-hybridized carbons (Fsp3) is 0.714. The summed E-state index contributed by atoms with van der Waals surface area (Å²) in [6, 6.07) is 0. The van der Waals surface area contributed by atoms with E-state index >= 15 is 0 Å². The van der Waals surface area contributed by atoms with Crippen LogP contribution in [0, 0.1) is 0 Å². The molecule has 0 heterocycles. The zero-order valence-electron chi connectivity index (χ0n) is 6.91. The van der Waals surface area contributed by atoms with Gasteiger partial charge in [-0.25, -0.2) is 4.99 Å². The Morgan fingerprint density at radius 2 is 2.25 bits per heavy atom. The number of hydrogen-bond acceptors (Lipinski definition) is 5. The van der Waals surface area contributed by atoms with Crippen LogP contribution in [-0.4, -0.2) is 37.5 Å². The molecule has 0 unspecified atom stereocenters. The summed E-state index contributed by atoms with van der Waals surface area (Å²) in [6.45, 7) is 3.02. The number of ether oxygens (including phenoxy) is 2. The number of hydrogen-bond donors (Lipinski definition) is 0. The largest absolute Gasteiger partial charge is 0.463 e. The Kier molecular flexibility index (Phi) is 7.79. The molecular formula is C7H11NO3S. The average molecular weight is 189 g/mol. The van der Waals surface area contributed by atoms with Crippen molar-refractivity contribution >= 4 is 23.3 Å². The SMILES string of the molecule is CC(=O)OCCOCCN=C=S. The summed E-state index contributed by atoms with van der Waals surface area (Å²) < 4.78 is 9.65. The number of rotatable bonds is 6. The van der Waals surface area contributed by atoms with Crippen LogP contribution >= 0.6 is 12.2 Å². The van der Waals surface area contributed by atoms with Crippen LogP contribution in [0.3, 0.4) is 0 Å². The number of aliphatic imine (C=N–C) groups is 1. The molecule has 0 aliphatic carbocycles. The van der Waals surface area contributed by atoms with E-state index in [0.717, 1.165) is 0 Å². The van der Waals surface area contributed by atoms with Crippen LogP contribution in [0.1, 0.15) is 6.92 Å². The third-order valence-corrected chi connectivity index (χ3v) is 1.07. The maximum absolute atomic E-state index is 10.3. The minimum absolute atomic E-state index is 0.288. The Balaban J connectivity index is 3.00. The predicted molar refractivity (Wildman–Crippen MR) is 47.3 cm³/mol. The van der Waals surface area contributed by atoms with E-state index in [1.807, 2.05) is 0 Å². The van der Waals surface area contributed by atoms with Gasteiger partial charge >= 0.3 is 5.97 Å². The first-order chi connectivity index (χ1) is 5.77. The number of carbonyl (C=O) groups is 1. The van der Waals surface area contributed by atoms with Gasteiger partial charge < -0.3 is 9.47 Å². The lowest BCUT2D eigenvalue weighted by atomic mass is 10.7. The molecule has 0 aliphatic heterocycles. The third kappa shape index (κ3) is 9.23. The first kappa shape index (κ1) is 11.2. The molecule has 68 valence electrons. The molecule has 0 saturated carbocycles. The molecule has 5 heteroatoms. The lowest BCUT2D eigenvalue weighted by molar-refractivity contribution is -0.142. The molecule has 0 radical (unpaired) electrons. The highest BCUT2D eigenvalue weighted by Gasteiger charge is 1.91. The van der Waals surface area contributed by atoms with E-state index in [9.17, 15) is 4.79 Å². The molecule has 0 aliphatic rings. The van der Waals surface area contributed by atoms with Crippen molar-refractivity contribution in [3.63, 3.8) is 0 Å². The Labute approximate surface area is 76.6 Å². The van der Waals surface area contributed by atoms with Gasteiger partial charge in [0.05, 0.1) is 24.9 Å². The fourth-order valence-corrected chi connectivity index (χ4v) is 0.594. The van der Waals surface area contributed by atoms with Gasteiger partial charge in [-0.15, -0.1) is 0 Å². The van der Waals surface area contributed by atoms with Gasteiger partial charge in [-0.2, -0.15) is 0 Å². The second-order valence-electron chi connectivity index (χ2n) is 1.93. The molecule has 4 nitrogen and oxygen atoms in total. The second-order valence-corrected chi connectivity index (χ2v) is 2.11. The molecule has 0 saturated heterocycles. The summed E-state index contributed by atoms with van der Waals surface area (Å²) in [5, 5.41) is 2.22. The normalized spacial score (nSPS) is 8.75. The molecule has 0 atom stereocenters. The predicted octanol–water partition coefficient (Wildman–Crippen LogP) is 0.669. The van der Waals surface area contributed by atoms with E-state index < -0.39 is 0 Å². The van der Waals surface area contributed by atoms with Crippen LogP contribution < -0.4 is 0 Å². The van der Waals surface area contributed by atoms with Crippen molar-refractivity contribution in [3.05, 3.63) is 0 Å². The van der Waals surface area contributed by atoms with Gasteiger partial charge in [-0.05, 0) is 12.2 Å². The maximum atomic E-state index is 10.3. The summed E-state index contributed by atoms with van der Waals surface area (Å²) >= 11 is 4.35. The van der Waals surface area contributed by atoms with Crippen molar-refractivity contribution in [1.29, 1.82) is 0 Å². The summed E-state index contributed by atoms with van der Waals surface area (Å²) in [5.74, 6) is -0.296. The number of thiocarbonyl (C=S) groups is 1. The smallest absolute Gasteiger partial charge is 0.302 e. The van der Waals surface area contributed by atoms with E-state index in [4.69, 9.17) is 4.74 Å². The first-order valence-electron chi connectivity index (χ1n) is 3.52. The van der Waals surface area contributed by atoms with E-state index in [0.29, 0.717) is 19.8 Å². The van der Waals surface area contributed by atoms with Crippen molar-refractivity contribution in [3.8, 4) is 0 Å². The summed E-state index contributed by atoms with van der Waals surface area (Å²) in [5.41, 5.74) is 0. The van der Waals surface area contributed by atoms with Gasteiger partial charge in [-0.3, -0.25) is 4.79 Å². The minimum atomic E-state index is -0.296. The van der Waals surface area contributed by atoms with Crippen LogP contribution in [0.15, 0.2) is 4.99 Å². The molecule has 0 N–H and O–H groups in total. The molecule has 0 amide bonds. The van der Waals surface area contributed by atoms with Crippen molar-refractivity contribution in [2.75, 3.05) is 26.4 Å². The van der Waals surface area contributed by atoms with Gasteiger partial charge in [0.15, 0.2) is 0 Å². The Hall–Kier alpha value is -0.770. The standard InChI is InChI=1S/C7H11NO3S/c1-7(9)11-5-4-10-3-2-8-6-12/h2-5H2,1H3. The van der Waals surface area contributed by atoms with Crippen LogP contribution in [0.4, 0.5) is 0 Å². The number of carbonyl (C=O) groups excluding carboxylic acids is 1. The molecule has 12 heavy (non-hydrogen) atoms. The highest BCUT2D eigenvalue weighted by atomic mass is 32.1. The Morgan fingerprint density at radius 3 is 2.83 bits per heavy atom. The van der Waals surface area contributed by atoms with Gasteiger partial charge in [0, 0.05) is 6.92 Å². The summed E-state index contributed by atoms with van der Waals surface area (Å²) in [6.07, 6.45) is 0. The zero-order valence-corrected chi connectivity index (χ0v) is 7.73. The molecule has 0 spiro atoms. The number of nitrogens with zero attached hydrogens (tertiary/aromatic N) is 1. The maximum Gasteiger partial charge on any atom is 0.302 e. The molecule has 0 fully saturated rings. The monoisotopic (exact) mass is 189 g/mol. The van der Waals surface area contributed by atoms with Gasteiger partial charge in [0.1, 0.15) is 6.61 Å². The van der Waals surface area contributed by atoms with E-state index in [1.54, 1.807) is 0 Å². The van der Waals surface area contributed by atoms with Crippen molar-refractivity contribution in [1.82, 2.24) is 0 Å². The zero-order chi connectivity index (χ0) is 9.23. The van der Waals surface area contributed by atoms with E-state index in [-0.39, 0.29) is 12.6 Å². The lowest BCUT2D eigenvalue weighted by Crippen LogP contribution is -2.09. The first-order valence-corrected chi connectivity index (χ1v) is 3.93. The molecule has 0 aromatic rings. The van der Waals surface area contributed by atoms with Gasteiger partial charge in [-0.1, -0.05) is 0 Å². The van der Waals surface area contributed by atoms with E-state index in [2.05, 4.69) is 27.1 Å². The molecule has 0 aromatic carbocycles. The summed E-state index contributed by atoms with van der Waals surface area (Å²) in [4.78, 5) is 13.9. The van der Waals surface area contributed by atoms with Crippen LogP contribution in [0.25, 0.3) is 0 Å². The van der Waals surface area contributed by atoms with Crippen molar-refractivity contribution < 1.29 is 14.3 Å². The quantitative estimate of drug-likeness (QED) is 0.267. The van der Waals surface area contributed by atoms with Crippen LogP contribution in [0.2, 0.25) is 0 Å². The van der Waals surface area contributed by atoms with Crippen molar-refractivity contribution in [2.45, 2.75) is 6.92 Å². The topological polar surface area (TPSA) is 47.9 Å². The number of esters is 1. The van der Waals surface area contributed by atoms with Gasteiger partial charge in [0.2, 0.25) is 0 Å². The minimum Gasteiger partial charge on any atom is -0.463 e. The highest BCUT2D eigenvalue weighted by Crippen LogP contribution is 1.79. The van der Waals surface area contributed by atoms with Crippen molar-refractivity contribution in [2.24, 2.45) is 4.99 Å². The van der Waals surface area contributed by atoms with Gasteiger partial charge in [0.25, 0.3) is 0 Å². The third-order valence-electron chi connectivity index (χ3n) is 0.945. The second kappa shape index (κ2) is 8.33. The summed E-state index contributed by atoms with van der Waals surface area (Å²) in [7, 11) is 0. The Bertz CT molecular complexity index is 171. The molecule has 0 bridgehead atoms. The Morgan fingerprint density at radius 1 is 1.50 bits per heavy atom. The highest BCUT2D eigenvalue weighted by molar-refractivity contribution is 7.78. The van der Waals surface area contributed by atoms with E-state index in [1.165, 1.54) is 6.92 Å².